The second-order valence-electron chi connectivity index (χ2n) is 3.80. The van der Waals surface area contributed by atoms with E-state index in [2.05, 4.69) is 0 Å². The van der Waals surface area contributed by atoms with E-state index < -0.39 is 0 Å². The van der Waals surface area contributed by atoms with Gasteiger partial charge in [0.25, 0.3) is 0 Å². The van der Waals surface area contributed by atoms with Gasteiger partial charge in [0, 0.05) is 6.54 Å². The molecule has 0 amide bonds. The molecule has 0 heterocycles. The summed E-state index contributed by atoms with van der Waals surface area (Å²) in [6.07, 6.45) is 1.46. The highest BCUT2D eigenvalue weighted by molar-refractivity contribution is 5.31. The van der Waals surface area contributed by atoms with Crippen LogP contribution < -0.4 is 15.2 Å². The number of benzene rings is 1. The highest BCUT2D eigenvalue weighted by Crippen LogP contribution is 2.18. The molecule has 1 aromatic carbocycles. The van der Waals surface area contributed by atoms with E-state index in [1.54, 1.807) is 12.1 Å². The van der Waals surface area contributed by atoms with E-state index in [0.29, 0.717) is 5.75 Å². The van der Waals surface area contributed by atoms with Gasteiger partial charge in [0.1, 0.15) is 23.9 Å². The number of ether oxygens (including phenoxy) is 2. The minimum atomic E-state index is -0.371. The largest absolute Gasteiger partial charge is 0.491 e. The Balaban J connectivity index is 2.45. The number of halogens is 1. The molecule has 94 valence electrons. The molecule has 3 nitrogen and oxygen atoms in total. The Morgan fingerprint density at radius 1 is 1.29 bits per heavy atom. The molecule has 2 N–H and O–H groups in total. The van der Waals surface area contributed by atoms with Crippen molar-refractivity contribution < 1.29 is 13.9 Å². The Hall–Kier alpha value is -1.55. The maximum absolute atomic E-state index is 12.7. The standard InChI is InChI=1S/C13H18FNO2/c1-10(2)17-13-5-3-12(4-6-13)16-8-7-11(14)9-15/h3-7,10H,8-9,15H2,1-2H3. The Morgan fingerprint density at radius 2 is 1.88 bits per heavy atom. The molecule has 0 spiro atoms. The molecule has 0 saturated heterocycles. The highest BCUT2D eigenvalue weighted by atomic mass is 19.1. The van der Waals surface area contributed by atoms with E-state index in [1.165, 1.54) is 6.08 Å². The first-order valence-electron chi connectivity index (χ1n) is 5.56. The summed E-state index contributed by atoms with van der Waals surface area (Å²) in [5.74, 6) is 1.09. The molecule has 0 atom stereocenters. The van der Waals surface area contributed by atoms with Gasteiger partial charge in [-0.15, -0.1) is 0 Å². The van der Waals surface area contributed by atoms with Gasteiger partial charge in [-0.25, -0.2) is 4.39 Å². The molecule has 0 aliphatic carbocycles. The lowest BCUT2D eigenvalue weighted by molar-refractivity contribution is 0.242. The third-order valence-electron chi connectivity index (χ3n) is 1.95. The fourth-order valence-electron chi connectivity index (χ4n) is 1.20. The third kappa shape index (κ3) is 5.36. The van der Waals surface area contributed by atoms with Gasteiger partial charge in [0.2, 0.25) is 0 Å². The van der Waals surface area contributed by atoms with Crippen molar-refractivity contribution in [3.8, 4) is 11.5 Å². The number of rotatable bonds is 6. The summed E-state index contributed by atoms with van der Waals surface area (Å²) in [6.45, 7) is 4.01. The normalized spacial score (nSPS) is 11.7. The lowest BCUT2D eigenvalue weighted by Gasteiger charge is -2.10. The molecule has 0 aliphatic heterocycles. The summed E-state index contributed by atoms with van der Waals surface area (Å²) in [5.41, 5.74) is 5.10. The van der Waals surface area contributed by atoms with Crippen LogP contribution in [0.4, 0.5) is 4.39 Å². The lowest BCUT2D eigenvalue weighted by Crippen LogP contribution is -2.05. The number of hydrogen-bond acceptors (Lipinski definition) is 3. The minimum Gasteiger partial charge on any atom is -0.491 e. The Labute approximate surface area is 101 Å². The second kappa shape index (κ2) is 6.91. The molecule has 0 saturated carbocycles. The van der Waals surface area contributed by atoms with Crippen molar-refractivity contribution in [3.63, 3.8) is 0 Å². The first-order chi connectivity index (χ1) is 8.11. The molecule has 17 heavy (non-hydrogen) atoms. The topological polar surface area (TPSA) is 44.5 Å². The Bertz CT molecular complexity index is 360. The summed E-state index contributed by atoms with van der Waals surface area (Å²) in [7, 11) is 0. The van der Waals surface area contributed by atoms with Gasteiger partial charge in [-0.2, -0.15) is 0 Å². The molecular formula is C13H18FNO2. The Kier molecular flexibility index (Phi) is 5.49. The van der Waals surface area contributed by atoms with Gasteiger partial charge in [-0.3, -0.25) is 0 Å². The van der Waals surface area contributed by atoms with Crippen LogP contribution in [0.5, 0.6) is 11.5 Å². The molecule has 0 radical (unpaired) electrons. The average molecular weight is 239 g/mol. The van der Waals surface area contributed by atoms with Crippen molar-refractivity contribution >= 4 is 0 Å². The molecule has 1 aromatic rings. The SMILES string of the molecule is CC(C)Oc1ccc(OCC=C(F)CN)cc1. The van der Waals surface area contributed by atoms with Crippen LogP contribution in [0.2, 0.25) is 0 Å². The predicted octanol–water partition coefficient (Wildman–Crippen LogP) is 2.66. The molecular weight excluding hydrogens is 221 g/mol. The van der Waals surface area contributed by atoms with Crippen molar-refractivity contribution in [1.82, 2.24) is 0 Å². The van der Waals surface area contributed by atoms with Crippen LogP contribution in [-0.4, -0.2) is 19.3 Å². The van der Waals surface area contributed by atoms with E-state index in [0.717, 1.165) is 5.75 Å². The predicted molar refractivity (Wildman–Crippen MR) is 65.9 cm³/mol. The van der Waals surface area contributed by atoms with Gasteiger partial charge in [-0.05, 0) is 44.2 Å². The van der Waals surface area contributed by atoms with Crippen LogP contribution in [0.25, 0.3) is 0 Å². The second-order valence-corrected chi connectivity index (χ2v) is 3.80. The van der Waals surface area contributed by atoms with Crippen LogP contribution >= 0.6 is 0 Å². The minimum absolute atomic E-state index is 0.0927. The quantitative estimate of drug-likeness (QED) is 0.830. The zero-order chi connectivity index (χ0) is 12.7. The molecule has 0 unspecified atom stereocenters. The van der Waals surface area contributed by atoms with E-state index in [4.69, 9.17) is 15.2 Å². The van der Waals surface area contributed by atoms with Gasteiger partial charge < -0.3 is 15.2 Å². The average Bonchev–Trinajstić information content (AvgIpc) is 2.30. The molecule has 0 aliphatic rings. The van der Waals surface area contributed by atoms with Gasteiger partial charge >= 0.3 is 0 Å². The third-order valence-corrected chi connectivity index (χ3v) is 1.95. The molecule has 1 rings (SSSR count). The summed E-state index contributed by atoms with van der Waals surface area (Å²) < 4.78 is 23.5. The van der Waals surface area contributed by atoms with Crippen LogP contribution in [-0.2, 0) is 0 Å². The zero-order valence-corrected chi connectivity index (χ0v) is 10.2. The summed E-state index contributed by atoms with van der Waals surface area (Å²) in [6, 6.07) is 7.20. The number of hydrogen-bond donors (Lipinski definition) is 1. The first-order valence-corrected chi connectivity index (χ1v) is 5.56. The van der Waals surface area contributed by atoms with E-state index in [1.807, 2.05) is 26.0 Å². The maximum Gasteiger partial charge on any atom is 0.120 e. The summed E-state index contributed by atoms with van der Waals surface area (Å²) >= 11 is 0. The van der Waals surface area contributed by atoms with Gasteiger partial charge in [0.15, 0.2) is 0 Å². The van der Waals surface area contributed by atoms with Crippen molar-refractivity contribution in [3.05, 3.63) is 36.2 Å². The van der Waals surface area contributed by atoms with Gasteiger partial charge in [0.05, 0.1) is 6.10 Å². The van der Waals surface area contributed by atoms with Crippen molar-refractivity contribution in [2.45, 2.75) is 20.0 Å². The van der Waals surface area contributed by atoms with Crippen molar-refractivity contribution in [2.75, 3.05) is 13.2 Å². The van der Waals surface area contributed by atoms with E-state index in [-0.39, 0.29) is 25.1 Å². The van der Waals surface area contributed by atoms with Crippen molar-refractivity contribution in [1.29, 1.82) is 0 Å². The molecule has 0 fully saturated rings. The smallest absolute Gasteiger partial charge is 0.120 e. The van der Waals surface area contributed by atoms with Crippen LogP contribution in [0.3, 0.4) is 0 Å². The van der Waals surface area contributed by atoms with Crippen LogP contribution in [0.15, 0.2) is 36.2 Å². The van der Waals surface area contributed by atoms with Crippen LogP contribution in [0, 0.1) is 0 Å². The van der Waals surface area contributed by atoms with Crippen LogP contribution in [0.1, 0.15) is 13.8 Å². The summed E-state index contributed by atoms with van der Waals surface area (Å²) in [5, 5.41) is 0. The van der Waals surface area contributed by atoms with E-state index >= 15 is 0 Å². The Morgan fingerprint density at radius 3 is 2.41 bits per heavy atom. The molecule has 0 bridgehead atoms. The zero-order valence-electron chi connectivity index (χ0n) is 10.2. The lowest BCUT2D eigenvalue weighted by atomic mass is 10.3. The van der Waals surface area contributed by atoms with Gasteiger partial charge in [-0.1, -0.05) is 0 Å². The number of nitrogens with two attached hydrogens (primary N) is 1. The molecule has 0 aromatic heterocycles. The summed E-state index contributed by atoms with van der Waals surface area (Å²) in [4.78, 5) is 0. The fourth-order valence-corrected chi connectivity index (χ4v) is 1.20. The maximum atomic E-state index is 12.7. The molecule has 4 heteroatoms. The van der Waals surface area contributed by atoms with E-state index in [9.17, 15) is 4.39 Å². The highest BCUT2D eigenvalue weighted by Gasteiger charge is 1.98. The first kappa shape index (κ1) is 13.5. The van der Waals surface area contributed by atoms with Crippen molar-refractivity contribution in [2.24, 2.45) is 5.73 Å². The monoisotopic (exact) mass is 239 g/mol. The fraction of sp³-hybridized carbons (Fsp3) is 0.385.